The Balaban J connectivity index is 1.31. The third-order valence-electron chi connectivity index (χ3n) is 5.11. The Morgan fingerprint density at radius 2 is 2.21 bits per heavy atom. The molecule has 1 aliphatic heterocycles. The summed E-state index contributed by atoms with van der Waals surface area (Å²) >= 11 is 1.47. The Hall–Kier alpha value is -3.00. The van der Waals surface area contributed by atoms with Crippen LogP contribution in [0.1, 0.15) is 12.8 Å². The first-order chi connectivity index (χ1) is 13.7. The highest BCUT2D eigenvalue weighted by atomic mass is 32.1. The highest BCUT2D eigenvalue weighted by Crippen LogP contribution is 2.32. The second-order valence-electron chi connectivity index (χ2n) is 7.05. The first-order valence-electron chi connectivity index (χ1n) is 9.21. The number of amides is 1. The molecular formula is C20H18FN5OS. The zero-order valence-corrected chi connectivity index (χ0v) is 15.8. The van der Waals surface area contributed by atoms with Crippen molar-refractivity contribution < 1.29 is 9.18 Å². The van der Waals surface area contributed by atoms with E-state index in [2.05, 4.69) is 25.4 Å². The summed E-state index contributed by atoms with van der Waals surface area (Å²) in [7, 11) is 0. The number of benzene rings is 2. The molecule has 0 aliphatic carbocycles. The van der Waals surface area contributed by atoms with Crippen molar-refractivity contribution in [2.45, 2.75) is 12.8 Å². The molecule has 6 nitrogen and oxygen atoms in total. The number of nitrogens with zero attached hydrogens (tertiary/aromatic N) is 3. The minimum Gasteiger partial charge on any atom is -0.347 e. The van der Waals surface area contributed by atoms with Crippen molar-refractivity contribution in [3.63, 3.8) is 0 Å². The van der Waals surface area contributed by atoms with E-state index in [4.69, 9.17) is 0 Å². The van der Waals surface area contributed by atoms with Gasteiger partial charge in [-0.2, -0.15) is 5.10 Å². The largest absolute Gasteiger partial charge is 0.347 e. The number of carbonyl (C=O) groups is 1. The van der Waals surface area contributed by atoms with E-state index in [1.165, 1.54) is 23.5 Å². The smallest absolute Gasteiger partial charge is 0.229 e. The first-order valence-corrected chi connectivity index (χ1v) is 10.0. The van der Waals surface area contributed by atoms with E-state index < -0.39 is 0 Å². The molecule has 0 spiro atoms. The van der Waals surface area contributed by atoms with E-state index in [9.17, 15) is 9.18 Å². The fourth-order valence-electron chi connectivity index (χ4n) is 3.65. The number of thiazole rings is 1. The number of rotatable bonds is 3. The molecule has 8 heteroatoms. The number of piperidine rings is 1. The molecule has 2 N–H and O–H groups in total. The second-order valence-corrected chi connectivity index (χ2v) is 8.06. The third kappa shape index (κ3) is 3.20. The monoisotopic (exact) mass is 395 g/mol. The van der Waals surface area contributed by atoms with Crippen molar-refractivity contribution in [2.24, 2.45) is 5.92 Å². The lowest BCUT2D eigenvalue weighted by Gasteiger charge is -2.31. The van der Waals surface area contributed by atoms with Crippen LogP contribution in [0.4, 0.5) is 15.2 Å². The first kappa shape index (κ1) is 17.1. The van der Waals surface area contributed by atoms with Gasteiger partial charge in [-0.25, -0.2) is 9.37 Å². The van der Waals surface area contributed by atoms with Gasteiger partial charge >= 0.3 is 0 Å². The Kier molecular flexibility index (Phi) is 4.20. The van der Waals surface area contributed by atoms with Gasteiger partial charge < -0.3 is 10.2 Å². The third-order valence-corrected chi connectivity index (χ3v) is 6.19. The highest BCUT2D eigenvalue weighted by Gasteiger charge is 2.27. The number of H-pyrrole nitrogens is 1. The molecule has 1 fully saturated rings. The molecule has 3 heterocycles. The number of aromatic amines is 1. The lowest BCUT2D eigenvalue weighted by atomic mass is 9.97. The summed E-state index contributed by atoms with van der Waals surface area (Å²) in [6.45, 7) is 1.46. The van der Waals surface area contributed by atoms with E-state index in [0.29, 0.717) is 6.54 Å². The average molecular weight is 395 g/mol. The molecule has 2 aromatic carbocycles. The van der Waals surface area contributed by atoms with Gasteiger partial charge in [-0.3, -0.25) is 9.89 Å². The molecule has 5 rings (SSSR count). The van der Waals surface area contributed by atoms with Gasteiger partial charge in [-0.05, 0) is 49.2 Å². The standard InChI is InChI=1S/C20H18FN5OS/c21-14-4-6-16-18(8-14)28-20(24-16)26-7-1-2-13(11-26)19(27)23-15-5-3-12-10-22-25-17(12)9-15/h3-6,8-10,13H,1-2,7,11H2,(H,22,25)(H,23,27). The van der Waals surface area contributed by atoms with Crippen molar-refractivity contribution in [3.05, 3.63) is 48.4 Å². The quantitative estimate of drug-likeness (QED) is 0.546. The van der Waals surface area contributed by atoms with E-state index in [1.54, 1.807) is 12.3 Å². The second kappa shape index (κ2) is 6.87. The van der Waals surface area contributed by atoms with Crippen LogP contribution in [0.2, 0.25) is 0 Å². The number of nitrogens with one attached hydrogen (secondary N) is 2. The number of anilines is 2. The van der Waals surface area contributed by atoms with Gasteiger partial charge in [-0.15, -0.1) is 0 Å². The van der Waals surface area contributed by atoms with Crippen LogP contribution in [0.3, 0.4) is 0 Å². The van der Waals surface area contributed by atoms with Crippen molar-refractivity contribution in [1.82, 2.24) is 15.2 Å². The van der Waals surface area contributed by atoms with E-state index >= 15 is 0 Å². The summed E-state index contributed by atoms with van der Waals surface area (Å²) in [4.78, 5) is 19.6. The Bertz CT molecular complexity index is 1170. The SMILES string of the molecule is O=C(Nc1ccc2cn[nH]c2c1)C1CCCN(c2nc3ccc(F)cc3s2)C1. The number of hydrogen-bond acceptors (Lipinski definition) is 5. The minimum absolute atomic E-state index is 0.00993. The molecular weight excluding hydrogens is 377 g/mol. The maximum absolute atomic E-state index is 13.4. The average Bonchev–Trinajstić information content (AvgIpc) is 3.34. The van der Waals surface area contributed by atoms with Crippen molar-refractivity contribution in [1.29, 1.82) is 0 Å². The van der Waals surface area contributed by atoms with Crippen LogP contribution in [0.5, 0.6) is 0 Å². The molecule has 0 radical (unpaired) electrons. The fourth-order valence-corrected chi connectivity index (χ4v) is 4.67. The minimum atomic E-state index is -0.257. The molecule has 4 aromatic rings. The maximum atomic E-state index is 13.4. The van der Waals surface area contributed by atoms with Crippen LogP contribution in [0, 0.1) is 11.7 Å². The van der Waals surface area contributed by atoms with Crippen molar-refractivity contribution in [2.75, 3.05) is 23.3 Å². The maximum Gasteiger partial charge on any atom is 0.229 e. The van der Waals surface area contributed by atoms with E-state index in [1.807, 2.05) is 18.2 Å². The fraction of sp³-hybridized carbons (Fsp3) is 0.250. The van der Waals surface area contributed by atoms with Gasteiger partial charge in [-0.1, -0.05) is 11.3 Å². The normalized spacial score (nSPS) is 17.3. The molecule has 142 valence electrons. The highest BCUT2D eigenvalue weighted by molar-refractivity contribution is 7.22. The molecule has 28 heavy (non-hydrogen) atoms. The summed E-state index contributed by atoms with van der Waals surface area (Å²) in [5, 5.41) is 11.8. The van der Waals surface area contributed by atoms with Crippen LogP contribution in [0.25, 0.3) is 21.1 Å². The summed E-state index contributed by atoms with van der Waals surface area (Å²) in [5.74, 6) is -0.362. The van der Waals surface area contributed by atoms with Gasteiger partial charge in [0.2, 0.25) is 5.91 Å². The molecule has 0 bridgehead atoms. The Labute approximate surface area is 164 Å². The molecule has 1 aliphatic rings. The predicted octanol–water partition coefficient (Wildman–Crippen LogP) is 4.17. The molecule has 1 unspecified atom stereocenters. The Morgan fingerprint density at radius 1 is 1.29 bits per heavy atom. The summed E-state index contributed by atoms with van der Waals surface area (Å²) in [6.07, 6.45) is 3.51. The zero-order valence-electron chi connectivity index (χ0n) is 15.0. The van der Waals surface area contributed by atoms with Gasteiger partial charge in [0.05, 0.1) is 27.8 Å². The van der Waals surface area contributed by atoms with E-state index in [0.717, 1.165) is 51.3 Å². The van der Waals surface area contributed by atoms with Gasteiger partial charge in [0.1, 0.15) is 5.82 Å². The summed E-state index contributed by atoms with van der Waals surface area (Å²) < 4.78 is 14.3. The van der Waals surface area contributed by atoms with Crippen LogP contribution in [-0.2, 0) is 4.79 Å². The van der Waals surface area contributed by atoms with E-state index in [-0.39, 0.29) is 17.6 Å². The Morgan fingerprint density at radius 3 is 3.14 bits per heavy atom. The molecule has 2 aromatic heterocycles. The number of aromatic nitrogens is 3. The molecule has 1 atom stereocenters. The predicted molar refractivity (Wildman–Crippen MR) is 109 cm³/mol. The van der Waals surface area contributed by atoms with Crippen LogP contribution in [-0.4, -0.2) is 34.2 Å². The lowest BCUT2D eigenvalue weighted by molar-refractivity contribution is -0.120. The number of carbonyl (C=O) groups excluding carboxylic acids is 1. The number of fused-ring (bicyclic) bond motifs is 2. The van der Waals surface area contributed by atoms with Crippen LogP contribution >= 0.6 is 11.3 Å². The topological polar surface area (TPSA) is 73.9 Å². The molecule has 1 amide bonds. The summed E-state index contributed by atoms with van der Waals surface area (Å²) in [6, 6.07) is 10.3. The van der Waals surface area contributed by atoms with Crippen LogP contribution < -0.4 is 10.2 Å². The van der Waals surface area contributed by atoms with Gasteiger partial charge in [0.15, 0.2) is 5.13 Å². The zero-order chi connectivity index (χ0) is 19.1. The van der Waals surface area contributed by atoms with Gasteiger partial charge in [0, 0.05) is 24.2 Å². The van der Waals surface area contributed by atoms with Crippen molar-refractivity contribution in [3.8, 4) is 0 Å². The van der Waals surface area contributed by atoms with Gasteiger partial charge in [0.25, 0.3) is 0 Å². The lowest BCUT2D eigenvalue weighted by Crippen LogP contribution is -2.40. The number of hydrogen-bond donors (Lipinski definition) is 2. The summed E-state index contributed by atoms with van der Waals surface area (Å²) in [5.41, 5.74) is 2.44. The number of halogens is 1. The van der Waals surface area contributed by atoms with Crippen molar-refractivity contribution >= 4 is 49.2 Å². The molecule has 0 saturated carbocycles. The molecule has 1 saturated heterocycles. The van der Waals surface area contributed by atoms with Crippen LogP contribution in [0.15, 0.2) is 42.6 Å².